The Morgan fingerprint density at radius 2 is 2.00 bits per heavy atom. The van der Waals surface area contributed by atoms with Gasteiger partial charge in [0.2, 0.25) is 12.7 Å². The minimum Gasteiger partial charge on any atom is -0.454 e. The zero-order valence-electron chi connectivity index (χ0n) is 12.3. The fourth-order valence-electron chi connectivity index (χ4n) is 2.24. The zero-order valence-corrected chi connectivity index (χ0v) is 12.3. The highest BCUT2D eigenvalue weighted by Crippen LogP contribution is 2.32. The van der Waals surface area contributed by atoms with Crippen molar-refractivity contribution in [3.05, 3.63) is 65.2 Å². The van der Waals surface area contributed by atoms with Gasteiger partial charge in [-0.25, -0.2) is 0 Å². The average Bonchev–Trinajstić information content (AvgIpc) is 2.99. The monoisotopic (exact) mass is 295 g/mol. The van der Waals surface area contributed by atoms with Crippen molar-refractivity contribution in [3.63, 3.8) is 0 Å². The standard InChI is InChI=1S/C18H17NO3/c1-13-4-2-3-5-15(13)11-19-18(20)9-7-14-6-8-16-17(10-14)22-12-21-16/h2-10H,11-12H2,1H3,(H,19,20). The fraction of sp³-hybridized carbons (Fsp3) is 0.167. The lowest BCUT2D eigenvalue weighted by Gasteiger charge is -2.05. The average molecular weight is 295 g/mol. The van der Waals surface area contributed by atoms with Gasteiger partial charge in [0, 0.05) is 12.6 Å². The molecule has 0 aromatic heterocycles. The SMILES string of the molecule is Cc1ccccc1CNC(=O)C=Cc1ccc2c(c1)OCO2. The molecule has 0 radical (unpaired) electrons. The number of hydrogen-bond donors (Lipinski definition) is 1. The van der Waals surface area contributed by atoms with Crippen LogP contribution in [-0.4, -0.2) is 12.7 Å². The van der Waals surface area contributed by atoms with Gasteiger partial charge in [-0.3, -0.25) is 4.79 Å². The quantitative estimate of drug-likeness (QED) is 0.882. The molecule has 2 aromatic rings. The molecule has 1 heterocycles. The minimum atomic E-state index is -0.124. The van der Waals surface area contributed by atoms with Crippen molar-refractivity contribution < 1.29 is 14.3 Å². The van der Waals surface area contributed by atoms with Crippen molar-refractivity contribution in [2.45, 2.75) is 13.5 Å². The lowest BCUT2D eigenvalue weighted by molar-refractivity contribution is -0.116. The molecule has 2 aromatic carbocycles. The minimum absolute atomic E-state index is 0.124. The summed E-state index contributed by atoms with van der Waals surface area (Å²) >= 11 is 0. The molecule has 1 aliphatic heterocycles. The van der Waals surface area contributed by atoms with Crippen molar-refractivity contribution >= 4 is 12.0 Å². The molecule has 3 rings (SSSR count). The van der Waals surface area contributed by atoms with E-state index in [9.17, 15) is 4.79 Å². The number of fused-ring (bicyclic) bond motifs is 1. The van der Waals surface area contributed by atoms with Crippen molar-refractivity contribution in [2.75, 3.05) is 6.79 Å². The normalized spacial score (nSPS) is 12.6. The Labute approximate surface area is 129 Å². The second-order valence-electron chi connectivity index (χ2n) is 5.09. The van der Waals surface area contributed by atoms with Crippen LogP contribution >= 0.6 is 0 Å². The van der Waals surface area contributed by atoms with Gasteiger partial charge in [0.25, 0.3) is 0 Å². The number of amides is 1. The van der Waals surface area contributed by atoms with E-state index in [1.807, 2.05) is 49.4 Å². The lowest BCUT2D eigenvalue weighted by Crippen LogP contribution is -2.20. The van der Waals surface area contributed by atoms with Gasteiger partial charge in [0.15, 0.2) is 11.5 Å². The van der Waals surface area contributed by atoms with Gasteiger partial charge in [-0.1, -0.05) is 30.3 Å². The predicted molar refractivity (Wildman–Crippen MR) is 84.6 cm³/mol. The molecule has 1 amide bonds. The van der Waals surface area contributed by atoms with Crippen molar-refractivity contribution in [1.29, 1.82) is 0 Å². The van der Waals surface area contributed by atoms with Gasteiger partial charge in [0.05, 0.1) is 0 Å². The summed E-state index contributed by atoms with van der Waals surface area (Å²) in [6.07, 6.45) is 3.28. The smallest absolute Gasteiger partial charge is 0.244 e. The van der Waals surface area contributed by atoms with Gasteiger partial charge in [0.1, 0.15) is 0 Å². The lowest BCUT2D eigenvalue weighted by atomic mass is 10.1. The molecule has 0 aliphatic carbocycles. The maximum absolute atomic E-state index is 11.9. The van der Waals surface area contributed by atoms with E-state index in [-0.39, 0.29) is 12.7 Å². The highest BCUT2D eigenvalue weighted by Gasteiger charge is 2.12. The summed E-state index contributed by atoms with van der Waals surface area (Å²) in [6, 6.07) is 13.6. The van der Waals surface area contributed by atoms with E-state index in [1.54, 1.807) is 6.08 Å². The van der Waals surface area contributed by atoms with Crippen LogP contribution in [0, 0.1) is 6.92 Å². The molecule has 22 heavy (non-hydrogen) atoms. The van der Waals surface area contributed by atoms with Gasteiger partial charge >= 0.3 is 0 Å². The summed E-state index contributed by atoms with van der Waals surface area (Å²) in [5.74, 6) is 1.32. The number of ether oxygens (including phenoxy) is 2. The molecule has 112 valence electrons. The van der Waals surface area contributed by atoms with Crippen LogP contribution in [0.1, 0.15) is 16.7 Å². The van der Waals surface area contributed by atoms with Crippen molar-refractivity contribution in [2.24, 2.45) is 0 Å². The van der Waals surface area contributed by atoms with E-state index in [2.05, 4.69) is 5.32 Å². The van der Waals surface area contributed by atoms with E-state index in [0.717, 1.165) is 16.9 Å². The van der Waals surface area contributed by atoms with E-state index in [1.165, 1.54) is 11.6 Å². The van der Waals surface area contributed by atoms with Gasteiger partial charge in [-0.2, -0.15) is 0 Å². The van der Waals surface area contributed by atoms with Gasteiger partial charge in [-0.05, 0) is 41.8 Å². The molecule has 0 saturated heterocycles. The Morgan fingerprint density at radius 3 is 2.86 bits per heavy atom. The van der Waals surface area contributed by atoms with Crippen molar-refractivity contribution in [1.82, 2.24) is 5.32 Å². The summed E-state index contributed by atoms with van der Waals surface area (Å²) in [6.45, 7) is 2.81. The van der Waals surface area contributed by atoms with Crippen LogP contribution in [0.5, 0.6) is 11.5 Å². The molecule has 0 unspecified atom stereocenters. The van der Waals surface area contributed by atoms with E-state index < -0.39 is 0 Å². The first-order valence-electron chi connectivity index (χ1n) is 7.12. The summed E-state index contributed by atoms with van der Waals surface area (Å²) in [5, 5.41) is 2.88. The Bertz CT molecular complexity index is 722. The molecule has 0 spiro atoms. The maximum atomic E-state index is 11.9. The second-order valence-corrected chi connectivity index (χ2v) is 5.09. The molecule has 0 fully saturated rings. The Morgan fingerprint density at radius 1 is 1.18 bits per heavy atom. The van der Waals surface area contributed by atoms with E-state index in [4.69, 9.17) is 9.47 Å². The number of benzene rings is 2. The largest absolute Gasteiger partial charge is 0.454 e. The highest BCUT2D eigenvalue weighted by atomic mass is 16.7. The summed E-state index contributed by atoms with van der Waals surface area (Å²) in [7, 11) is 0. The summed E-state index contributed by atoms with van der Waals surface area (Å²) < 4.78 is 10.6. The Balaban J connectivity index is 1.58. The van der Waals surface area contributed by atoms with Crippen LogP contribution in [0.15, 0.2) is 48.5 Å². The third kappa shape index (κ3) is 3.28. The second kappa shape index (κ2) is 6.35. The van der Waals surface area contributed by atoms with Crippen LogP contribution in [-0.2, 0) is 11.3 Å². The topological polar surface area (TPSA) is 47.6 Å². The first-order valence-corrected chi connectivity index (χ1v) is 7.12. The van der Waals surface area contributed by atoms with Crippen LogP contribution in [0.4, 0.5) is 0 Å². The molecule has 0 bridgehead atoms. The molecular formula is C18H17NO3. The molecule has 4 heteroatoms. The molecule has 1 aliphatic rings. The zero-order chi connectivity index (χ0) is 15.4. The highest BCUT2D eigenvalue weighted by molar-refractivity contribution is 5.91. The van der Waals surface area contributed by atoms with Crippen LogP contribution in [0.3, 0.4) is 0 Å². The number of aryl methyl sites for hydroxylation is 1. The maximum Gasteiger partial charge on any atom is 0.244 e. The molecule has 0 atom stereocenters. The van der Waals surface area contributed by atoms with Crippen molar-refractivity contribution in [3.8, 4) is 11.5 Å². The van der Waals surface area contributed by atoms with E-state index >= 15 is 0 Å². The Hall–Kier alpha value is -2.75. The number of nitrogens with one attached hydrogen (secondary N) is 1. The molecule has 4 nitrogen and oxygen atoms in total. The third-order valence-electron chi connectivity index (χ3n) is 3.54. The first-order chi connectivity index (χ1) is 10.7. The number of hydrogen-bond acceptors (Lipinski definition) is 3. The number of rotatable bonds is 4. The van der Waals surface area contributed by atoms with Gasteiger partial charge in [-0.15, -0.1) is 0 Å². The van der Waals surface area contributed by atoms with Crippen LogP contribution in [0.25, 0.3) is 6.08 Å². The molecular weight excluding hydrogens is 278 g/mol. The number of carbonyl (C=O) groups excluding carboxylic acids is 1. The number of carbonyl (C=O) groups is 1. The fourth-order valence-corrected chi connectivity index (χ4v) is 2.24. The molecule has 0 saturated carbocycles. The molecule has 1 N–H and O–H groups in total. The summed E-state index contributed by atoms with van der Waals surface area (Å²) in [4.78, 5) is 11.9. The van der Waals surface area contributed by atoms with Crippen LogP contribution in [0.2, 0.25) is 0 Å². The first kappa shape index (κ1) is 14.2. The summed E-state index contributed by atoms with van der Waals surface area (Å²) in [5.41, 5.74) is 3.19. The van der Waals surface area contributed by atoms with E-state index in [0.29, 0.717) is 12.3 Å². The Kier molecular flexibility index (Phi) is 4.10. The predicted octanol–water partition coefficient (Wildman–Crippen LogP) is 3.05. The van der Waals surface area contributed by atoms with Crippen LogP contribution < -0.4 is 14.8 Å². The third-order valence-corrected chi connectivity index (χ3v) is 3.54. The van der Waals surface area contributed by atoms with Gasteiger partial charge < -0.3 is 14.8 Å².